The minimum Gasteiger partial charge on any atom is -0.463 e. The summed E-state index contributed by atoms with van der Waals surface area (Å²) in [5.41, 5.74) is 1.98. The highest BCUT2D eigenvalue weighted by Gasteiger charge is 2.26. The van der Waals surface area contributed by atoms with Crippen molar-refractivity contribution >= 4 is 27.8 Å². The molecule has 0 saturated carbocycles. The van der Waals surface area contributed by atoms with Crippen LogP contribution < -0.4 is 5.56 Å². The minimum absolute atomic E-state index is 0.0582. The molecule has 0 spiro atoms. The van der Waals surface area contributed by atoms with Gasteiger partial charge in [-0.1, -0.05) is 12.1 Å². The molecule has 0 aliphatic rings. The summed E-state index contributed by atoms with van der Waals surface area (Å²) in [5, 5.41) is 5.66. The molecule has 4 heterocycles. The van der Waals surface area contributed by atoms with Gasteiger partial charge in [0.1, 0.15) is 11.5 Å². The highest BCUT2D eigenvalue weighted by Crippen LogP contribution is 2.28. The maximum absolute atomic E-state index is 14.0. The van der Waals surface area contributed by atoms with Gasteiger partial charge in [-0.05, 0) is 58.0 Å². The number of para-hydroxylation sites is 1. The summed E-state index contributed by atoms with van der Waals surface area (Å²) in [6.45, 7) is 8.03. The number of rotatable bonds is 6. The lowest BCUT2D eigenvalue weighted by Crippen LogP contribution is -2.37. The third-order valence-corrected chi connectivity index (χ3v) is 5.93. The van der Waals surface area contributed by atoms with E-state index in [0.717, 1.165) is 0 Å². The number of nitrogens with zero attached hydrogens (tertiary/aromatic N) is 5. The summed E-state index contributed by atoms with van der Waals surface area (Å²) >= 11 is 0. The van der Waals surface area contributed by atoms with Crippen molar-refractivity contribution in [2.24, 2.45) is 0 Å². The van der Waals surface area contributed by atoms with Gasteiger partial charge in [0.15, 0.2) is 11.4 Å². The van der Waals surface area contributed by atoms with Gasteiger partial charge in [0.2, 0.25) is 0 Å². The quantitative estimate of drug-likeness (QED) is 0.390. The molecular weight excluding hydrogens is 444 g/mol. The fourth-order valence-corrected chi connectivity index (χ4v) is 4.14. The Bertz CT molecular complexity index is 1580. The van der Waals surface area contributed by atoms with Crippen LogP contribution in [0, 0.1) is 0 Å². The highest BCUT2D eigenvalue weighted by atomic mass is 16.3. The van der Waals surface area contributed by atoms with Crippen molar-refractivity contribution in [2.75, 3.05) is 0 Å². The number of pyridine rings is 1. The smallest absolute Gasteiger partial charge is 0.258 e. The van der Waals surface area contributed by atoms with Gasteiger partial charge < -0.3 is 14.3 Å². The molecule has 0 atom stereocenters. The van der Waals surface area contributed by atoms with Crippen molar-refractivity contribution < 1.29 is 9.21 Å². The minimum atomic E-state index is -0.230. The molecule has 9 heteroatoms. The van der Waals surface area contributed by atoms with E-state index in [4.69, 9.17) is 9.40 Å². The number of benzene rings is 1. The van der Waals surface area contributed by atoms with Crippen molar-refractivity contribution in [3.8, 4) is 11.5 Å². The number of aromatic amines is 1. The first-order chi connectivity index (χ1) is 16.8. The molecular formula is C26H26N6O3. The van der Waals surface area contributed by atoms with E-state index < -0.39 is 0 Å². The van der Waals surface area contributed by atoms with Crippen LogP contribution in [-0.4, -0.2) is 41.6 Å². The summed E-state index contributed by atoms with van der Waals surface area (Å²) < 4.78 is 7.36. The van der Waals surface area contributed by atoms with E-state index in [1.54, 1.807) is 52.4 Å². The molecule has 0 saturated heterocycles. The van der Waals surface area contributed by atoms with Gasteiger partial charge in [-0.3, -0.25) is 9.59 Å². The lowest BCUT2D eigenvalue weighted by Gasteiger charge is -2.27. The second-order valence-electron chi connectivity index (χ2n) is 9.01. The average molecular weight is 471 g/mol. The van der Waals surface area contributed by atoms with Gasteiger partial charge in [0.05, 0.1) is 40.9 Å². The van der Waals surface area contributed by atoms with E-state index in [2.05, 4.69) is 15.1 Å². The molecule has 0 bridgehead atoms. The first kappa shape index (κ1) is 22.5. The lowest BCUT2D eigenvalue weighted by molar-refractivity contribution is 0.0687. The Morgan fingerprint density at radius 1 is 1.09 bits per heavy atom. The van der Waals surface area contributed by atoms with Crippen LogP contribution in [0.4, 0.5) is 0 Å². The maximum Gasteiger partial charge on any atom is 0.258 e. The number of hydrogen-bond acceptors (Lipinski definition) is 6. The monoisotopic (exact) mass is 470 g/mol. The summed E-state index contributed by atoms with van der Waals surface area (Å²) in [6, 6.07) is 12.4. The number of nitrogens with one attached hydrogen (secondary N) is 1. The molecule has 9 nitrogen and oxygen atoms in total. The van der Waals surface area contributed by atoms with Gasteiger partial charge >= 0.3 is 0 Å². The normalized spacial score (nSPS) is 11.7. The Labute approximate surface area is 201 Å². The molecule has 0 radical (unpaired) electrons. The number of hydrogen-bond donors (Lipinski definition) is 1. The Morgan fingerprint density at radius 2 is 1.89 bits per heavy atom. The van der Waals surface area contributed by atoms with E-state index >= 15 is 0 Å². The molecule has 178 valence electrons. The number of carbonyl (C=O) groups excluding carboxylic acids is 1. The Kier molecular flexibility index (Phi) is 5.68. The van der Waals surface area contributed by atoms with Gasteiger partial charge in [-0.2, -0.15) is 5.10 Å². The van der Waals surface area contributed by atoms with Gasteiger partial charge in [0, 0.05) is 12.1 Å². The maximum atomic E-state index is 14.0. The number of H-pyrrole nitrogens is 1. The summed E-state index contributed by atoms with van der Waals surface area (Å²) in [6.07, 6.45) is 3.25. The van der Waals surface area contributed by atoms with Gasteiger partial charge in [0.25, 0.3) is 11.5 Å². The molecule has 0 unspecified atom stereocenters. The summed E-state index contributed by atoms with van der Waals surface area (Å²) in [7, 11) is 0. The predicted octanol–water partition coefficient (Wildman–Crippen LogP) is 4.56. The van der Waals surface area contributed by atoms with Crippen LogP contribution in [0.1, 0.15) is 49.9 Å². The third kappa shape index (κ3) is 4.09. The van der Waals surface area contributed by atoms with Crippen molar-refractivity contribution in [3.63, 3.8) is 0 Å². The second kappa shape index (κ2) is 8.83. The van der Waals surface area contributed by atoms with Crippen LogP contribution in [0.5, 0.6) is 0 Å². The first-order valence-corrected chi connectivity index (χ1v) is 11.5. The molecule has 5 aromatic rings. The van der Waals surface area contributed by atoms with Crippen molar-refractivity contribution in [2.45, 2.75) is 46.3 Å². The number of furan rings is 1. The third-order valence-electron chi connectivity index (χ3n) is 5.93. The van der Waals surface area contributed by atoms with Crippen LogP contribution in [0.25, 0.3) is 33.4 Å². The molecule has 1 amide bonds. The fraction of sp³-hybridized carbons (Fsp3) is 0.269. The number of carbonyl (C=O) groups is 1. The average Bonchev–Trinajstić information content (AvgIpc) is 3.51. The zero-order valence-corrected chi connectivity index (χ0v) is 20.0. The standard InChI is InChI=1S/C26H26N6O3/c1-15(2)31(14-23-28-20-9-6-5-8-17(20)25(33)30-23)26(34)18-12-21(22-10-7-11-35-22)29-24-19(18)13-27-32(24)16(3)4/h5-13,15-16H,14H2,1-4H3,(H,28,30,33). The number of amides is 1. The van der Waals surface area contributed by atoms with E-state index in [1.807, 2.05) is 39.8 Å². The molecule has 1 aromatic carbocycles. The molecule has 35 heavy (non-hydrogen) atoms. The second-order valence-corrected chi connectivity index (χ2v) is 9.01. The topological polar surface area (TPSA) is 110 Å². The van der Waals surface area contributed by atoms with Crippen molar-refractivity contribution in [1.82, 2.24) is 29.6 Å². The van der Waals surface area contributed by atoms with Crippen LogP contribution >= 0.6 is 0 Å². The zero-order chi connectivity index (χ0) is 24.7. The van der Waals surface area contributed by atoms with Crippen LogP contribution in [-0.2, 0) is 6.54 Å². The number of fused-ring (bicyclic) bond motifs is 2. The lowest BCUT2D eigenvalue weighted by atomic mass is 10.1. The van der Waals surface area contributed by atoms with Crippen LogP contribution in [0.15, 0.2) is 64.1 Å². The summed E-state index contributed by atoms with van der Waals surface area (Å²) in [5.74, 6) is 0.776. The van der Waals surface area contributed by atoms with E-state index in [0.29, 0.717) is 44.8 Å². The Morgan fingerprint density at radius 3 is 2.60 bits per heavy atom. The molecule has 1 N–H and O–H groups in total. The zero-order valence-electron chi connectivity index (χ0n) is 20.0. The van der Waals surface area contributed by atoms with Crippen LogP contribution in [0.3, 0.4) is 0 Å². The first-order valence-electron chi connectivity index (χ1n) is 11.5. The molecule has 5 rings (SSSR count). The van der Waals surface area contributed by atoms with E-state index in [-0.39, 0.29) is 30.1 Å². The Balaban J connectivity index is 1.61. The molecule has 4 aromatic heterocycles. The molecule has 0 aliphatic heterocycles. The van der Waals surface area contributed by atoms with Gasteiger partial charge in [-0.15, -0.1) is 0 Å². The van der Waals surface area contributed by atoms with E-state index in [9.17, 15) is 9.59 Å². The predicted molar refractivity (Wildman–Crippen MR) is 133 cm³/mol. The summed E-state index contributed by atoms with van der Waals surface area (Å²) in [4.78, 5) is 40.4. The van der Waals surface area contributed by atoms with Crippen molar-refractivity contribution in [3.05, 3.63) is 76.7 Å². The SMILES string of the molecule is CC(C)N(Cc1nc2ccccc2c(=O)[nH]1)C(=O)c1cc(-c2ccco2)nc2c1cnn2C(C)C. The molecule has 0 fully saturated rings. The highest BCUT2D eigenvalue weighted by molar-refractivity contribution is 6.06. The fourth-order valence-electron chi connectivity index (χ4n) is 4.14. The Hall–Kier alpha value is -4.27. The largest absolute Gasteiger partial charge is 0.463 e. The van der Waals surface area contributed by atoms with Crippen LogP contribution in [0.2, 0.25) is 0 Å². The molecule has 0 aliphatic carbocycles. The number of aromatic nitrogens is 5. The van der Waals surface area contributed by atoms with Gasteiger partial charge in [-0.25, -0.2) is 14.6 Å². The van der Waals surface area contributed by atoms with Crippen molar-refractivity contribution in [1.29, 1.82) is 0 Å². The van der Waals surface area contributed by atoms with E-state index in [1.165, 1.54) is 0 Å².